The van der Waals surface area contributed by atoms with Crippen molar-refractivity contribution >= 4 is 28.8 Å². The first kappa shape index (κ1) is 22.5. The zero-order chi connectivity index (χ0) is 21.5. The molecule has 0 radical (unpaired) electrons. The number of thiophene rings is 1. The van der Waals surface area contributed by atoms with Gasteiger partial charge in [0.05, 0.1) is 6.54 Å². The predicted octanol–water partition coefficient (Wildman–Crippen LogP) is 0.136. The Bertz CT molecular complexity index is 845. The fourth-order valence-corrected chi connectivity index (χ4v) is 4.63. The largest absolute Gasteiger partial charge is 0.333 e. The molecule has 1 aromatic carbocycles. The van der Waals surface area contributed by atoms with Crippen molar-refractivity contribution in [3.63, 3.8) is 0 Å². The lowest BCUT2D eigenvalue weighted by molar-refractivity contribution is -1.00. The number of rotatable bonds is 8. The number of anilines is 1. The van der Waals surface area contributed by atoms with Gasteiger partial charge in [-0.15, -0.1) is 11.3 Å². The normalized spacial score (nSPS) is 18.8. The summed E-state index contributed by atoms with van der Waals surface area (Å²) in [7, 11) is 0. The number of piperazine rings is 1. The van der Waals surface area contributed by atoms with E-state index in [-0.39, 0.29) is 11.8 Å². The number of carbonyl (C=O) groups excluding carboxylic acids is 2. The molecule has 3 N–H and O–H groups in total. The summed E-state index contributed by atoms with van der Waals surface area (Å²) < 4.78 is 0. The van der Waals surface area contributed by atoms with E-state index >= 15 is 0 Å². The third-order valence-corrected chi connectivity index (χ3v) is 6.88. The minimum atomic E-state index is 0.0614. The Morgan fingerprint density at radius 1 is 1.03 bits per heavy atom. The number of quaternary nitrogens is 2. The number of hydrogen-bond donors (Lipinski definition) is 3. The highest BCUT2D eigenvalue weighted by molar-refractivity contribution is 7.09. The van der Waals surface area contributed by atoms with Crippen LogP contribution in [0.25, 0.3) is 0 Å². The van der Waals surface area contributed by atoms with E-state index < -0.39 is 0 Å². The predicted molar refractivity (Wildman–Crippen MR) is 121 cm³/mol. The van der Waals surface area contributed by atoms with Crippen LogP contribution in [-0.4, -0.2) is 62.5 Å². The molecule has 2 heterocycles. The molecule has 6 nitrogen and oxygen atoms in total. The highest BCUT2D eigenvalue weighted by Crippen LogP contribution is 2.17. The van der Waals surface area contributed by atoms with Crippen LogP contribution in [0.3, 0.4) is 0 Å². The molecule has 1 aliphatic heterocycles. The fourth-order valence-electron chi connectivity index (χ4n) is 3.91. The van der Waals surface area contributed by atoms with Gasteiger partial charge in [-0.3, -0.25) is 9.59 Å². The van der Waals surface area contributed by atoms with E-state index in [1.54, 1.807) is 11.3 Å². The summed E-state index contributed by atoms with van der Waals surface area (Å²) in [5, 5.41) is 5.11. The van der Waals surface area contributed by atoms with Crippen molar-refractivity contribution in [2.24, 2.45) is 0 Å². The molecule has 1 fully saturated rings. The first-order valence-electron chi connectivity index (χ1n) is 10.8. The molecule has 0 unspecified atom stereocenters. The van der Waals surface area contributed by atoms with E-state index in [2.05, 4.69) is 29.8 Å². The second-order valence-electron chi connectivity index (χ2n) is 8.14. The molecule has 2 aromatic rings. The molecular weight excluding hydrogens is 396 g/mol. The van der Waals surface area contributed by atoms with Crippen LogP contribution in [-0.2, 0) is 16.1 Å². The monoisotopic (exact) mass is 430 g/mol. The van der Waals surface area contributed by atoms with Crippen LogP contribution in [0.4, 0.5) is 5.69 Å². The molecule has 1 aromatic heterocycles. The maximum Gasteiger partial charge on any atom is 0.279 e. The Hall–Kier alpha value is -2.22. The van der Waals surface area contributed by atoms with Crippen molar-refractivity contribution in [1.29, 1.82) is 0 Å². The molecule has 0 atom stereocenters. The molecule has 7 heteroatoms. The minimum Gasteiger partial charge on any atom is -0.333 e. The first-order valence-corrected chi connectivity index (χ1v) is 11.7. The summed E-state index contributed by atoms with van der Waals surface area (Å²) >= 11 is 1.70. The van der Waals surface area contributed by atoms with Crippen LogP contribution < -0.4 is 15.1 Å². The lowest BCUT2D eigenvalue weighted by Crippen LogP contribution is -3.28. The Morgan fingerprint density at radius 2 is 1.73 bits per heavy atom. The molecule has 0 bridgehead atoms. The molecule has 0 saturated carbocycles. The number of likely N-dealkylation sites (N-methyl/N-ethyl adjacent to an activating group) is 1. The number of nitrogens with one attached hydrogen (secondary N) is 3. The number of carbonyl (C=O) groups is 2. The number of benzene rings is 1. The number of hydrogen-bond acceptors (Lipinski definition) is 3. The van der Waals surface area contributed by atoms with E-state index in [0.717, 1.165) is 44.0 Å². The zero-order valence-corrected chi connectivity index (χ0v) is 19.1. The fraction of sp³-hybridized carbons (Fsp3) is 0.478. The van der Waals surface area contributed by atoms with Crippen molar-refractivity contribution in [1.82, 2.24) is 4.90 Å². The topological polar surface area (TPSA) is 58.3 Å². The molecule has 30 heavy (non-hydrogen) atoms. The molecule has 162 valence electrons. The van der Waals surface area contributed by atoms with Crippen molar-refractivity contribution in [2.75, 3.05) is 51.1 Å². The molecule has 0 spiro atoms. The standard InChI is InChI=1S/C23H32N4O2S/c1-4-27(15-20-8-6-14-30-20)23(29)17-26-12-10-25(11-13-26)16-22(28)24-21-9-5-7-18(2)19(21)3/h5-9,14H,4,10-13,15-17H2,1-3H3,(H,24,28)/p+2. The number of aryl methyl sites for hydroxylation is 1. The average Bonchev–Trinajstić information content (AvgIpc) is 3.24. The van der Waals surface area contributed by atoms with E-state index in [1.807, 2.05) is 36.9 Å². The van der Waals surface area contributed by atoms with Gasteiger partial charge in [0.1, 0.15) is 26.2 Å². The second kappa shape index (κ2) is 10.7. The Balaban J connectivity index is 1.42. The Labute approximate surface area is 183 Å². The smallest absolute Gasteiger partial charge is 0.279 e. The van der Waals surface area contributed by atoms with Gasteiger partial charge in [-0.1, -0.05) is 18.2 Å². The van der Waals surface area contributed by atoms with E-state index in [1.165, 1.54) is 20.2 Å². The van der Waals surface area contributed by atoms with Gasteiger partial charge >= 0.3 is 0 Å². The van der Waals surface area contributed by atoms with E-state index in [0.29, 0.717) is 19.6 Å². The van der Waals surface area contributed by atoms with Gasteiger partial charge in [0.2, 0.25) is 0 Å². The summed E-state index contributed by atoms with van der Waals surface area (Å²) in [6.45, 7) is 12.3. The van der Waals surface area contributed by atoms with Crippen LogP contribution in [0, 0.1) is 13.8 Å². The summed E-state index contributed by atoms with van der Waals surface area (Å²) in [4.78, 5) is 31.0. The van der Waals surface area contributed by atoms with Crippen molar-refractivity contribution in [3.8, 4) is 0 Å². The van der Waals surface area contributed by atoms with Crippen molar-refractivity contribution < 1.29 is 19.4 Å². The SMILES string of the molecule is CCN(Cc1cccs1)C(=O)C[NH+]1CC[NH+](CC(=O)Nc2cccc(C)c2C)CC1. The van der Waals surface area contributed by atoms with Crippen molar-refractivity contribution in [3.05, 3.63) is 51.7 Å². The molecule has 0 aliphatic carbocycles. The molecule has 3 rings (SSSR count). The van der Waals surface area contributed by atoms with Crippen molar-refractivity contribution in [2.45, 2.75) is 27.3 Å². The molecular formula is C23H34N4O2S+2. The Kier molecular flexibility index (Phi) is 8.01. The zero-order valence-electron chi connectivity index (χ0n) is 18.3. The maximum absolute atomic E-state index is 12.7. The van der Waals surface area contributed by atoms with Gasteiger partial charge in [-0.25, -0.2) is 0 Å². The van der Waals surface area contributed by atoms with Gasteiger partial charge in [-0.05, 0) is 49.4 Å². The van der Waals surface area contributed by atoms with Gasteiger partial charge in [0, 0.05) is 17.1 Å². The van der Waals surface area contributed by atoms with Gasteiger partial charge < -0.3 is 20.0 Å². The van der Waals surface area contributed by atoms with Crippen LogP contribution >= 0.6 is 11.3 Å². The highest BCUT2D eigenvalue weighted by atomic mass is 32.1. The highest BCUT2D eigenvalue weighted by Gasteiger charge is 2.28. The quantitative estimate of drug-likeness (QED) is 0.558. The Morgan fingerprint density at radius 3 is 2.37 bits per heavy atom. The minimum absolute atomic E-state index is 0.0614. The summed E-state index contributed by atoms with van der Waals surface area (Å²) in [6, 6.07) is 10.1. The second-order valence-corrected chi connectivity index (χ2v) is 9.17. The summed E-state index contributed by atoms with van der Waals surface area (Å²) in [5.41, 5.74) is 3.21. The summed E-state index contributed by atoms with van der Waals surface area (Å²) in [6.07, 6.45) is 0. The summed E-state index contributed by atoms with van der Waals surface area (Å²) in [5.74, 6) is 0.281. The lowest BCUT2D eigenvalue weighted by atomic mass is 10.1. The number of nitrogens with zero attached hydrogens (tertiary/aromatic N) is 1. The van der Waals surface area contributed by atoms with Crippen LogP contribution in [0.1, 0.15) is 22.9 Å². The van der Waals surface area contributed by atoms with Gasteiger partial charge in [-0.2, -0.15) is 0 Å². The maximum atomic E-state index is 12.7. The van der Waals surface area contributed by atoms with Crippen LogP contribution in [0.2, 0.25) is 0 Å². The molecule has 1 saturated heterocycles. The average molecular weight is 431 g/mol. The van der Waals surface area contributed by atoms with E-state index in [9.17, 15) is 9.59 Å². The van der Waals surface area contributed by atoms with Gasteiger partial charge in [0.25, 0.3) is 11.8 Å². The number of amides is 2. The van der Waals surface area contributed by atoms with Crippen LogP contribution in [0.15, 0.2) is 35.7 Å². The molecule has 1 aliphatic rings. The molecule has 2 amide bonds. The van der Waals surface area contributed by atoms with E-state index in [4.69, 9.17) is 0 Å². The van der Waals surface area contributed by atoms with Crippen LogP contribution in [0.5, 0.6) is 0 Å². The first-order chi connectivity index (χ1) is 14.5. The van der Waals surface area contributed by atoms with Gasteiger partial charge in [0.15, 0.2) is 13.1 Å². The lowest BCUT2D eigenvalue weighted by Gasteiger charge is -2.30. The third-order valence-electron chi connectivity index (χ3n) is 6.02. The third kappa shape index (κ3) is 6.14.